The largest absolute Gasteiger partial charge is 0.494 e. The number of hydrogen-bond acceptors (Lipinski definition) is 3. The van der Waals surface area contributed by atoms with E-state index in [0.717, 1.165) is 49.5 Å². The highest BCUT2D eigenvalue weighted by Gasteiger charge is 2.04. The molecular weight excluding hydrogens is 386 g/mol. The molecule has 0 saturated heterocycles. The zero-order valence-corrected chi connectivity index (χ0v) is 17.4. The number of carbonyl (C=O) groups is 1. The van der Waals surface area contributed by atoms with E-state index in [2.05, 4.69) is 6.58 Å². The zero-order chi connectivity index (χ0) is 21.6. The van der Waals surface area contributed by atoms with Gasteiger partial charge in [0.1, 0.15) is 17.4 Å². The van der Waals surface area contributed by atoms with Gasteiger partial charge in [0, 0.05) is 12.1 Å². The summed E-state index contributed by atoms with van der Waals surface area (Å²) in [5.74, 6) is -0.762. The number of esters is 1. The van der Waals surface area contributed by atoms with Gasteiger partial charge in [-0.25, -0.2) is 13.6 Å². The summed E-state index contributed by atoms with van der Waals surface area (Å²) in [5.41, 5.74) is 1.26. The third-order valence-electron chi connectivity index (χ3n) is 4.77. The minimum atomic E-state index is -0.584. The highest BCUT2D eigenvalue weighted by atomic mass is 19.1. The lowest BCUT2D eigenvalue weighted by molar-refractivity contribution is -0.137. The van der Waals surface area contributed by atoms with Gasteiger partial charge in [-0.15, -0.1) is 0 Å². The Kier molecular flexibility index (Phi) is 10.6. The van der Waals surface area contributed by atoms with E-state index in [1.54, 1.807) is 0 Å². The van der Waals surface area contributed by atoms with Crippen LogP contribution in [0.15, 0.2) is 55.1 Å². The molecule has 0 heterocycles. The van der Waals surface area contributed by atoms with E-state index in [9.17, 15) is 13.6 Å². The molecule has 0 spiro atoms. The van der Waals surface area contributed by atoms with Gasteiger partial charge in [0.05, 0.1) is 13.2 Å². The van der Waals surface area contributed by atoms with Gasteiger partial charge in [0.2, 0.25) is 0 Å². The summed E-state index contributed by atoms with van der Waals surface area (Å²) >= 11 is 0. The van der Waals surface area contributed by atoms with Crippen LogP contribution in [-0.2, 0) is 9.53 Å². The number of unbranched alkanes of at least 4 members (excludes halogenated alkanes) is 7. The van der Waals surface area contributed by atoms with Gasteiger partial charge in [-0.1, -0.05) is 57.2 Å². The topological polar surface area (TPSA) is 35.5 Å². The molecule has 0 aromatic heterocycles. The number of hydrogen-bond donors (Lipinski definition) is 0. The Hall–Kier alpha value is -2.69. The summed E-state index contributed by atoms with van der Waals surface area (Å²) in [7, 11) is 0. The lowest BCUT2D eigenvalue weighted by atomic mass is 10.1. The molecule has 0 saturated carbocycles. The summed E-state index contributed by atoms with van der Waals surface area (Å²) in [5, 5.41) is 0. The Morgan fingerprint density at radius 1 is 0.767 bits per heavy atom. The first kappa shape index (κ1) is 23.6. The van der Waals surface area contributed by atoms with Crippen molar-refractivity contribution in [3.63, 3.8) is 0 Å². The van der Waals surface area contributed by atoms with E-state index in [-0.39, 0.29) is 5.97 Å². The predicted molar refractivity (Wildman–Crippen MR) is 115 cm³/mol. The smallest absolute Gasteiger partial charge is 0.330 e. The van der Waals surface area contributed by atoms with Crippen LogP contribution in [0.5, 0.6) is 5.75 Å². The number of halogens is 2. The lowest BCUT2D eigenvalue weighted by Crippen LogP contribution is -2.01. The van der Waals surface area contributed by atoms with Crippen molar-refractivity contribution in [3.8, 4) is 16.9 Å². The quantitative estimate of drug-likeness (QED) is 0.192. The van der Waals surface area contributed by atoms with Crippen LogP contribution < -0.4 is 4.74 Å². The van der Waals surface area contributed by atoms with Gasteiger partial charge in [0.25, 0.3) is 0 Å². The van der Waals surface area contributed by atoms with Crippen molar-refractivity contribution >= 4 is 5.97 Å². The fraction of sp³-hybridized carbons (Fsp3) is 0.400. The van der Waals surface area contributed by atoms with Crippen molar-refractivity contribution in [1.82, 2.24) is 0 Å². The first-order valence-electron chi connectivity index (χ1n) is 10.6. The van der Waals surface area contributed by atoms with Crippen molar-refractivity contribution in [1.29, 1.82) is 0 Å². The van der Waals surface area contributed by atoms with Crippen molar-refractivity contribution in [3.05, 3.63) is 66.8 Å². The zero-order valence-electron chi connectivity index (χ0n) is 17.4. The maximum absolute atomic E-state index is 13.3. The highest BCUT2D eigenvalue weighted by Crippen LogP contribution is 2.24. The minimum absolute atomic E-state index is 0.352. The van der Waals surface area contributed by atoms with Crippen molar-refractivity contribution in [2.45, 2.75) is 51.4 Å². The van der Waals surface area contributed by atoms with E-state index in [1.165, 1.54) is 37.5 Å². The number of ether oxygens (including phenoxy) is 2. The van der Waals surface area contributed by atoms with Gasteiger partial charge >= 0.3 is 5.97 Å². The van der Waals surface area contributed by atoms with E-state index in [4.69, 9.17) is 9.47 Å². The minimum Gasteiger partial charge on any atom is -0.494 e. The van der Waals surface area contributed by atoms with E-state index < -0.39 is 11.6 Å². The fourth-order valence-corrected chi connectivity index (χ4v) is 3.15. The lowest BCUT2D eigenvalue weighted by Gasteiger charge is -2.08. The van der Waals surface area contributed by atoms with Crippen LogP contribution in [0.1, 0.15) is 51.4 Å². The molecule has 0 fully saturated rings. The predicted octanol–water partition coefficient (Wildman–Crippen LogP) is 6.86. The van der Waals surface area contributed by atoms with Crippen LogP contribution in [0.25, 0.3) is 11.1 Å². The second-order valence-corrected chi connectivity index (χ2v) is 7.23. The highest BCUT2D eigenvalue weighted by molar-refractivity contribution is 5.81. The van der Waals surface area contributed by atoms with Crippen LogP contribution in [-0.4, -0.2) is 19.2 Å². The summed E-state index contributed by atoms with van der Waals surface area (Å²) in [6.07, 6.45) is 10.0. The first-order chi connectivity index (χ1) is 14.6. The summed E-state index contributed by atoms with van der Waals surface area (Å²) in [4.78, 5) is 10.9. The molecule has 162 valence electrons. The molecule has 2 aromatic carbocycles. The Balaban J connectivity index is 1.51. The molecule has 0 aliphatic carbocycles. The molecule has 30 heavy (non-hydrogen) atoms. The van der Waals surface area contributed by atoms with Crippen LogP contribution in [0, 0.1) is 11.6 Å². The van der Waals surface area contributed by atoms with E-state index >= 15 is 0 Å². The first-order valence-corrected chi connectivity index (χ1v) is 10.6. The summed E-state index contributed by atoms with van der Waals surface area (Å²) in [6, 6.07) is 10.8. The second-order valence-electron chi connectivity index (χ2n) is 7.23. The summed E-state index contributed by atoms with van der Waals surface area (Å²) < 4.78 is 37.4. The van der Waals surface area contributed by atoms with Gasteiger partial charge < -0.3 is 9.47 Å². The van der Waals surface area contributed by atoms with Crippen LogP contribution in [0.3, 0.4) is 0 Å². The van der Waals surface area contributed by atoms with Gasteiger partial charge in [-0.2, -0.15) is 0 Å². The molecule has 0 unspecified atom stereocenters. The molecular formula is C25H30F2O3. The maximum Gasteiger partial charge on any atom is 0.330 e. The third-order valence-corrected chi connectivity index (χ3v) is 4.77. The molecule has 3 nitrogen and oxygen atoms in total. The molecule has 0 aliphatic heterocycles. The average molecular weight is 417 g/mol. The SMILES string of the molecule is C=CC(=O)OCCCCCCCCCCOc1ccc(-c2cc(F)cc(F)c2)cc1. The molecule has 0 bridgehead atoms. The summed E-state index contributed by atoms with van der Waals surface area (Å²) in [6.45, 7) is 4.49. The molecule has 2 rings (SSSR count). The van der Waals surface area contributed by atoms with Crippen LogP contribution in [0.4, 0.5) is 8.78 Å². The molecule has 0 atom stereocenters. The van der Waals surface area contributed by atoms with Crippen LogP contribution in [0.2, 0.25) is 0 Å². The molecule has 2 aromatic rings. The number of benzene rings is 2. The maximum atomic E-state index is 13.3. The second kappa shape index (κ2) is 13.5. The van der Waals surface area contributed by atoms with Gasteiger partial charge in [-0.05, 0) is 48.2 Å². The molecule has 5 heteroatoms. The van der Waals surface area contributed by atoms with Crippen LogP contribution >= 0.6 is 0 Å². The average Bonchev–Trinajstić information content (AvgIpc) is 2.74. The van der Waals surface area contributed by atoms with E-state index in [0.29, 0.717) is 18.8 Å². The molecule has 0 N–H and O–H groups in total. The third kappa shape index (κ3) is 9.21. The number of rotatable bonds is 14. The fourth-order valence-electron chi connectivity index (χ4n) is 3.15. The Morgan fingerprint density at radius 2 is 1.30 bits per heavy atom. The molecule has 0 radical (unpaired) electrons. The van der Waals surface area contributed by atoms with Crippen molar-refractivity contribution in [2.75, 3.05) is 13.2 Å². The monoisotopic (exact) mass is 416 g/mol. The Labute approximate surface area is 177 Å². The van der Waals surface area contributed by atoms with Gasteiger partial charge in [-0.3, -0.25) is 0 Å². The Bertz CT molecular complexity index is 767. The molecule has 0 aliphatic rings. The Morgan fingerprint density at radius 3 is 1.87 bits per heavy atom. The van der Waals surface area contributed by atoms with Crippen molar-refractivity contribution in [2.24, 2.45) is 0 Å². The number of carbonyl (C=O) groups excluding carboxylic acids is 1. The standard InChI is InChI=1S/C25H30F2O3/c1-2-25(28)30-16-10-8-6-4-3-5-7-9-15-29-24-13-11-20(12-14-24)21-17-22(26)19-23(27)18-21/h2,11-14,17-19H,1,3-10,15-16H2. The van der Waals surface area contributed by atoms with E-state index in [1.807, 2.05) is 24.3 Å². The molecule has 0 amide bonds. The normalized spacial score (nSPS) is 10.6. The van der Waals surface area contributed by atoms with Crippen molar-refractivity contribution < 1.29 is 23.0 Å². The van der Waals surface area contributed by atoms with Gasteiger partial charge in [0.15, 0.2) is 0 Å².